The van der Waals surface area contributed by atoms with E-state index in [1.807, 2.05) is 0 Å². The fourth-order valence-corrected chi connectivity index (χ4v) is 1.10. The Bertz CT molecular complexity index is 310. The first-order chi connectivity index (χ1) is 7.06. The second-order valence-electron chi connectivity index (χ2n) is 2.76. The third-order valence-electron chi connectivity index (χ3n) is 1.64. The first kappa shape index (κ1) is 11.3. The van der Waals surface area contributed by atoms with Crippen molar-refractivity contribution < 1.29 is 28.8 Å². The Morgan fingerprint density at radius 3 is 2.87 bits per heavy atom. The summed E-state index contributed by atoms with van der Waals surface area (Å²) in [5.74, 6) is -1.43. The molecular formula is C8H11NO6. The van der Waals surface area contributed by atoms with Gasteiger partial charge in [0.2, 0.25) is 6.10 Å². The highest BCUT2D eigenvalue weighted by Gasteiger charge is 2.41. The summed E-state index contributed by atoms with van der Waals surface area (Å²) in [6.45, 7) is 2.74. The zero-order valence-electron chi connectivity index (χ0n) is 8.39. The minimum atomic E-state index is -0.987. The lowest BCUT2D eigenvalue weighted by Crippen LogP contribution is -2.35. The predicted octanol–water partition coefficient (Wildman–Crippen LogP) is -0.622. The van der Waals surface area contributed by atoms with Crippen molar-refractivity contribution in [3.05, 3.63) is 5.21 Å². The third kappa shape index (κ3) is 2.58. The zero-order valence-corrected chi connectivity index (χ0v) is 8.39. The summed E-state index contributed by atoms with van der Waals surface area (Å²) in [5.41, 5.74) is -0.341. The minimum absolute atomic E-state index is 0.0194. The van der Waals surface area contributed by atoms with Crippen molar-refractivity contribution >= 4 is 17.7 Å². The lowest BCUT2D eigenvalue weighted by atomic mass is 10.2. The van der Waals surface area contributed by atoms with Crippen molar-refractivity contribution in [1.29, 1.82) is 0 Å². The van der Waals surface area contributed by atoms with Gasteiger partial charge in [-0.3, -0.25) is 10.0 Å². The molecule has 15 heavy (non-hydrogen) atoms. The van der Waals surface area contributed by atoms with Gasteiger partial charge in [0.05, 0.1) is 11.5 Å². The Kier molecular flexibility index (Phi) is 3.48. The van der Waals surface area contributed by atoms with E-state index in [0.29, 0.717) is 0 Å². The molecule has 1 aliphatic heterocycles. The topological polar surface area (TPSA) is 87.9 Å². The molecule has 0 spiro atoms. The van der Waals surface area contributed by atoms with Crippen LogP contribution in [0, 0.1) is 5.21 Å². The maximum absolute atomic E-state index is 11.3. The first-order valence-electron chi connectivity index (χ1n) is 4.37. The fourth-order valence-electron chi connectivity index (χ4n) is 1.10. The zero-order chi connectivity index (χ0) is 11.4. The van der Waals surface area contributed by atoms with Crippen LogP contribution in [0.4, 0.5) is 0 Å². The average Bonchev–Trinajstić information content (AvgIpc) is 2.46. The molecule has 1 rings (SSSR count). The molecular weight excluding hydrogens is 206 g/mol. The second-order valence-corrected chi connectivity index (χ2v) is 2.76. The van der Waals surface area contributed by atoms with E-state index in [1.54, 1.807) is 6.92 Å². The van der Waals surface area contributed by atoms with Crippen LogP contribution < -0.4 is 0 Å². The van der Waals surface area contributed by atoms with E-state index < -0.39 is 18.0 Å². The standard InChI is InChI=1S/C8H11NO6/c1-3-13-8(11)7-6(15-5(2)10)4-14-9(7)12/h6H,3-4H2,1-2H3. The molecule has 1 aliphatic rings. The SMILES string of the molecule is CCOC(=O)C1=[N+]([O-])OCC1OC(C)=O. The van der Waals surface area contributed by atoms with Crippen molar-refractivity contribution in [2.75, 3.05) is 13.2 Å². The van der Waals surface area contributed by atoms with Crippen LogP contribution in [0.2, 0.25) is 0 Å². The van der Waals surface area contributed by atoms with E-state index in [-0.39, 0.29) is 23.8 Å². The van der Waals surface area contributed by atoms with E-state index >= 15 is 0 Å². The average molecular weight is 217 g/mol. The van der Waals surface area contributed by atoms with Crippen molar-refractivity contribution in [2.45, 2.75) is 20.0 Å². The van der Waals surface area contributed by atoms with Gasteiger partial charge in [-0.05, 0) is 6.92 Å². The molecule has 0 fully saturated rings. The van der Waals surface area contributed by atoms with Gasteiger partial charge in [-0.1, -0.05) is 0 Å². The van der Waals surface area contributed by atoms with Crippen molar-refractivity contribution in [1.82, 2.24) is 0 Å². The molecule has 0 N–H and O–H groups in total. The van der Waals surface area contributed by atoms with E-state index in [2.05, 4.69) is 9.57 Å². The highest BCUT2D eigenvalue weighted by Crippen LogP contribution is 2.07. The van der Waals surface area contributed by atoms with Crippen LogP contribution in [0.1, 0.15) is 13.8 Å². The van der Waals surface area contributed by atoms with Crippen LogP contribution in [0.5, 0.6) is 0 Å². The number of ether oxygens (including phenoxy) is 2. The van der Waals surface area contributed by atoms with Crippen LogP contribution in [-0.4, -0.2) is 41.9 Å². The lowest BCUT2D eigenvalue weighted by Gasteiger charge is -2.06. The number of esters is 2. The number of carbonyl (C=O) groups excluding carboxylic acids is 2. The molecule has 0 amide bonds. The minimum Gasteiger partial charge on any atom is -0.458 e. The summed E-state index contributed by atoms with van der Waals surface area (Å²) < 4.78 is 9.34. The van der Waals surface area contributed by atoms with Crippen LogP contribution in [0.3, 0.4) is 0 Å². The molecule has 0 radical (unpaired) electrons. The van der Waals surface area contributed by atoms with Gasteiger partial charge in [0, 0.05) is 6.92 Å². The summed E-state index contributed by atoms with van der Waals surface area (Å²) in [7, 11) is 0. The number of rotatable bonds is 3. The molecule has 0 saturated heterocycles. The number of hydrogen-bond donors (Lipinski definition) is 0. The summed E-state index contributed by atoms with van der Waals surface area (Å²) in [6.07, 6.45) is -0.987. The van der Waals surface area contributed by atoms with Gasteiger partial charge >= 0.3 is 17.7 Å². The van der Waals surface area contributed by atoms with Gasteiger partial charge in [0.1, 0.15) is 6.61 Å². The first-order valence-corrected chi connectivity index (χ1v) is 4.37. The summed E-state index contributed by atoms with van der Waals surface area (Å²) in [5, 5.41) is 11.0. The van der Waals surface area contributed by atoms with Crippen molar-refractivity contribution in [3.8, 4) is 0 Å². The van der Waals surface area contributed by atoms with E-state index in [1.165, 1.54) is 6.92 Å². The van der Waals surface area contributed by atoms with Gasteiger partial charge < -0.3 is 14.3 Å². The fraction of sp³-hybridized carbons (Fsp3) is 0.625. The van der Waals surface area contributed by atoms with Crippen molar-refractivity contribution in [2.24, 2.45) is 0 Å². The predicted molar refractivity (Wildman–Crippen MR) is 46.8 cm³/mol. The molecule has 0 aliphatic carbocycles. The van der Waals surface area contributed by atoms with Crippen LogP contribution in [0.15, 0.2) is 0 Å². The van der Waals surface area contributed by atoms with Crippen LogP contribution in [0.25, 0.3) is 0 Å². The van der Waals surface area contributed by atoms with Crippen LogP contribution in [-0.2, 0) is 23.9 Å². The molecule has 0 aromatic rings. The van der Waals surface area contributed by atoms with Crippen LogP contribution >= 0.6 is 0 Å². The van der Waals surface area contributed by atoms with E-state index in [4.69, 9.17) is 4.74 Å². The molecule has 84 valence electrons. The summed E-state index contributed by atoms with van der Waals surface area (Å²) in [4.78, 5) is 26.5. The highest BCUT2D eigenvalue weighted by molar-refractivity contribution is 6.36. The quantitative estimate of drug-likeness (QED) is 0.462. The molecule has 0 aromatic heterocycles. The normalized spacial score (nSPS) is 19.7. The number of hydrogen-bond acceptors (Lipinski definition) is 6. The third-order valence-corrected chi connectivity index (χ3v) is 1.64. The van der Waals surface area contributed by atoms with E-state index in [9.17, 15) is 14.8 Å². The molecule has 1 atom stereocenters. The summed E-state index contributed by atoms with van der Waals surface area (Å²) in [6, 6.07) is 0. The van der Waals surface area contributed by atoms with Gasteiger partial charge in [0.15, 0.2) is 0 Å². The maximum Gasteiger partial charge on any atom is 0.409 e. The summed E-state index contributed by atoms with van der Waals surface area (Å²) >= 11 is 0. The molecule has 7 heteroatoms. The van der Waals surface area contributed by atoms with Gasteiger partial charge in [0.25, 0.3) is 0 Å². The second kappa shape index (κ2) is 4.63. The van der Waals surface area contributed by atoms with E-state index in [0.717, 1.165) is 0 Å². The Hall–Kier alpha value is -1.79. The Morgan fingerprint density at radius 1 is 1.67 bits per heavy atom. The Labute approximate surface area is 85.8 Å². The van der Waals surface area contributed by atoms with Crippen molar-refractivity contribution in [3.63, 3.8) is 0 Å². The highest BCUT2D eigenvalue weighted by atomic mass is 16.9. The number of carbonyl (C=O) groups is 2. The Morgan fingerprint density at radius 2 is 2.33 bits per heavy atom. The number of nitrogens with zero attached hydrogens (tertiary/aromatic N) is 1. The maximum atomic E-state index is 11.3. The molecule has 1 unspecified atom stereocenters. The molecule has 0 aromatic carbocycles. The molecule has 0 saturated carbocycles. The van der Waals surface area contributed by atoms with Gasteiger partial charge in [-0.25, -0.2) is 4.79 Å². The largest absolute Gasteiger partial charge is 0.458 e. The smallest absolute Gasteiger partial charge is 0.409 e. The molecule has 0 bridgehead atoms. The lowest BCUT2D eigenvalue weighted by molar-refractivity contribution is -0.730. The monoisotopic (exact) mass is 217 g/mol. The molecule has 7 nitrogen and oxygen atoms in total. The van der Waals surface area contributed by atoms with Gasteiger partial charge in [-0.2, -0.15) is 0 Å². The Balaban J connectivity index is 2.76. The van der Waals surface area contributed by atoms with Gasteiger partial charge in [-0.15, -0.1) is 0 Å². The molecule has 1 heterocycles.